The van der Waals surface area contributed by atoms with Crippen molar-refractivity contribution >= 4 is 23.6 Å². The van der Waals surface area contributed by atoms with Crippen molar-refractivity contribution in [2.45, 2.75) is 36.9 Å². The second kappa shape index (κ2) is 12.2. The molecule has 1 saturated heterocycles. The molecule has 1 aliphatic rings. The number of carbonyl (C=O) groups is 3. The van der Waals surface area contributed by atoms with Gasteiger partial charge in [-0.25, -0.2) is 4.79 Å². The molecule has 0 spiro atoms. The quantitative estimate of drug-likeness (QED) is 0.179. The van der Waals surface area contributed by atoms with E-state index in [9.17, 15) is 14.4 Å². The molecule has 1 fully saturated rings. The van der Waals surface area contributed by atoms with Crippen LogP contribution in [-0.4, -0.2) is 54.3 Å². The van der Waals surface area contributed by atoms with Crippen LogP contribution in [-0.2, 0) is 14.3 Å². The number of nitrogen functional groups attached to an aromatic ring is 1. The maximum absolute atomic E-state index is 14.0. The van der Waals surface area contributed by atoms with Crippen LogP contribution in [0.25, 0.3) is 0 Å². The third kappa shape index (κ3) is 6.09. The van der Waals surface area contributed by atoms with E-state index in [-0.39, 0.29) is 11.6 Å². The number of amidine groups is 1. The lowest BCUT2D eigenvalue weighted by Crippen LogP contribution is -2.53. The van der Waals surface area contributed by atoms with Crippen LogP contribution in [0, 0.1) is 5.41 Å². The maximum atomic E-state index is 14.0. The fraction of sp³-hybridized carbons (Fsp3) is 0.286. The zero-order chi connectivity index (χ0) is 27.1. The molecule has 10 nitrogen and oxygen atoms in total. The summed E-state index contributed by atoms with van der Waals surface area (Å²) >= 11 is 0. The summed E-state index contributed by atoms with van der Waals surface area (Å²) in [5.74, 6) is -1.53. The van der Waals surface area contributed by atoms with Crippen LogP contribution in [0.4, 0.5) is 4.79 Å². The first kappa shape index (κ1) is 26.6. The molecule has 198 valence electrons. The Morgan fingerprint density at radius 3 is 2.13 bits per heavy atom. The Bertz CT molecular complexity index is 1230. The molecule has 7 N–H and O–H groups in total. The van der Waals surface area contributed by atoms with E-state index in [0.717, 1.165) is 17.5 Å². The van der Waals surface area contributed by atoms with E-state index >= 15 is 0 Å². The van der Waals surface area contributed by atoms with Crippen LogP contribution in [0.1, 0.15) is 47.2 Å². The van der Waals surface area contributed by atoms with Crippen LogP contribution < -0.4 is 21.7 Å². The highest BCUT2D eigenvalue weighted by Crippen LogP contribution is 2.29. The first-order valence-corrected chi connectivity index (χ1v) is 12.4. The minimum atomic E-state index is -1.11. The van der Waals surface area contributed by atoms with Crippen LogP contribution in [0.5, 0.6) is 0 Å². The van der Waals surface area contributed by atoms with Gasteiger partial charge in [0.25, 0.3) is 0 Å². The average Bonchev–Trinajstić information content (AvgIpc) is 3.65. The Balaban J connectivity index is 1.73. The molecule has 3 aromatic rings. The third-order valence-electron chi connectivity index (χ3n) is 6.70. The van der Waals surface area contributed by atoms with Crippen molar-refractivity contribution in [3.63, 3.8) is 0 Å². The second-order valence-corrected chi connectivity index (χ2v) is 9.17. The van der Waals surface area contributed by atoms with Crippen molar-refractivity contribution in [2.75, 3.05) is 13.7 Å². The van der Waals surface area contributed by atoms with E-state index in [0.29, 0.717) is 24.2 Å². The fourth-order valence-corrected chi connectivity index (χ4v) is 4.80. The van der Waals surface area contributed by atoms with Gasteiger partial charge in [0.15, 0.2) is 5.78 Å². The molecule has 4 rings (SSSR count). The molecule has 1 aromatic heterocycles. The van der Waals surface area contributed by atoms with Crippen LogP contribution in [0.15, 0.2) is 72.9 Å². The Hall–Kier alpha value is -4.44. The number of ether oxygens (including phenoxy) is 1. The van der Waals surface area contributed by atoms with Crippen LogP contribution >= 0.6 is 0 Å². The number of nitrogens with two attached hydrogens (primary N) is 1. The summed E-state index contributed by atoms with van der Waals surface area (Å²) < 4.78 is 4.85. The predicted molar refractivity (Wildman–Crippen MR) is 143 cm³/mol. The number of hydrogen-bond donors (Lipinski definition) is 6. The molecule has 0 bridgehead atoms. The van der Waals surface area contributed by atoms with Gasteiger partial charge in [-0.1, -0.05) is 60.7 Å². The summed E-state index contributed by atoms with van der Waals surface area (Å²) in [5.41, 5.74) is 8.03. The molecule has 2 aromatic carbocycles. The van der Waals surface area contributed by atoms with Crippen molar-refractivity contribution in [1.82, 2.24) is 20.9 Å². The summed E-state index contributed by atoms with van der Waals surface area (Å²) in [6.07, 6.45) is 2.28. The summed E-state index contributed by atoms with van der Waals surface area (Å²) in [6.45, 7) is 0.708. The van der Waals surface area contributed by atoms with E-state index in [1.165, 1.54) is 7.11 Å². The molecule has 10 heteroatoms. The number of benzene rings is 2. The Morgan fingerprint density at radius 2 is 1.63 bits per heavy atom. The Labute approximate surface area is 220 Å². The first-order chi connectivity index (χ1) is 18.4. The summed E-state index contributed by atoms with van der Waals surface area (Å²) in [7, 11) is 1.23. The highest BCUT2D eigenvalue weighted by molar-refractivity contribution is 5.97. The van der Waals surface area contributed by atoms with Gasteiger partial charge in [0, 0.05) is 17.7 Å². The van der Waals surface area contributed by atoms with Crippen molar-refractivity contribution in [3.05, 3.63) is 95.3 Å². The van der Waals surface area contributed by atoms with E-state index in [4.69, 9.17) is 15.9 Å². The Kier molecular flexibility index (Phi) is 8.55. The number of methoxy groups -OCH3 is 1. The smallest absolute Gasteiger partial charge is 0.407 e. The lowest BCUT2D eigenvalue weighted by molar-refractivity contribution is -0.130. The zero-order valence-electron chi connectivity index (χ0n) is 21.1. The molecular weight excluding hydrogens is 484 g/mol. The average molecular weight is 517 g/mol. The number of carbonyl (C=O) groups excluding carboxylic acids is 3. The molecule has 3 atom stereocenters. The van der Waals surface area contributed by atoms with Gasteiger partial charge in [-0.15, -0.1) is 0 Å². The number of alkyl carbamates (subject to hydrolysis) is 1. The number of aromatic amines is 1. The highest BCUT2D eigenvalue weighted by atomic mass is 16.5. The van der Waals surface area contributed by atoms with Crippen molar-refractivity contribution < 1.29 is 19.1 Å². The summed E-state index contributed by atoms with van der Waals surface area (Å²) in [5, 5.41) is 16.5. The molecule has 2 heterocycles. The fourth-order valence-electron chi connectivity index (χ4n) is 4.80. The largest absolute Gasteiger partial charge is 0.453 e. The normalized spacial score (nSPS) is 16.4. The first-order valence-electron chi connectivity index (χ1n) is 12.4. The minimum Gasteiger partial charge on any atom is -0.453 e. The maximum Gasteiger partial charge on any atom is 0.407 e. The molecule has 0 saturated carbocycles. The summed E-state index contributed by atoms with van der Waals surface area (Å²) in [4.78, 5) is 42.9. The van der Waals surface area contributed by atoms with E-state index in [1.54, 1.807) is 12.3 Å². The molecule has 0 aliphatic carbocycles. The van der Waals surface area contributed by atoms with E-state index in [2.05, 4.69) is 20.9 Å². The molecule has 38 heavy (non-hydrogen) atoms. The second-order valence-electron chi connectivity index (χ2n) is 9.17. The number of ketones is 1. The van der Waals surface area contributed by atoms with Crippen LogP contribution in [0.2, 0.25) is 0 Å². The number of amides is 2. The third-order valence-corrected chi connectivity index (χ3v) is 6.70. The van der Waals surface area contributed by atoms with Gasteiger partial charge in [-0.2, -0.15) is 0 Å². The van der Waals surface area contributed by atoms with Gasteiger partial charge in [0.1, 0.15) is 17.9 Å². The molecule has 0 radical (unpaired) electrons. The SMILES string of the molecule is COC(=O)N[C@@H](C(=O)NC(C(=O)[C@@H]1CCCN1)c1c[nH]c(C(=N)N)c1)C(c1ccccc1)c1ccccc1. The number of nitrogens with one attached hydrogen (secondary N) is 5. The minimum absolute atomic E-state index is 0.189. The standard InChI is InChI=1S/C28H32N6O4/c1-38-28(37)34-24(22(17-9-4-2-5-10-17)18-11-6-3-7-12-18)27(36)33-23(25(35)20-13-8-14-31-20)19-15-21(26(29)30)32-16-19/h2-7,9-12,15-16,20,22-24,31-32H,8,13-14H2,1H3,(H3,29,30)(H,33,36)(H,34,37)/t20-,23?,24+/m0/s1. The number of rotatable bonds is 10. The number of hydrogen-bond acceptors (Lipinski definition) is 6. The number of aromatic nitrogens is 1. The molecule has 2 amide bonds. The van der Waals surface area contributed by atoms with Gasteiger partial charge in [-0.3, -0.25) is 15.0 Å². The molecule has 1 unspecified atom stereocenters. The van der Waals surface area contributed by atoms with E-state index in [1.807, 2.05) is 60.7 Å². The zero-order valence-corrected chi connectivity index (χ0v) is 21.1. The van der Waals surface area contributed by atoms with Crippen LogP contribution in [0.3, 0.4) is 0 Å². The monoisotopic (exact) mass is 516 g/mol. The van der Waals surface area contributed by atoms with Gasteiger partial charge in [-0.05, 0) is 36.6 Å². The van der Waals surface area contributed by atoms with Crippen molar-refractivity contribution in [1.29, 1.82) is 5.41 Å². The van der Waals surface area contributed by atoms with Gasteiger partial charge in [0.05, 0.1) is 18.8 Å². The topological polar surface area (TPSA) is 162 Å². The summed E-state index contributed by atoms with van der Waals surface area (Å²) in [6, 6.07) is 17.7. The number of Topliss-reactive ketones (excluding diaryl/α,β-unsaturated/α-hetero) is 1. The lowest BCUT2D eigenvalue weighted by atomic mass is 9.84. The van der Waals surface area contributed by atoms with Crippen molar-refractivity contribution in [2.24, 2.45) is 5.73 Å². The van der Waals surface area contributed by atoms with Gasteiger partial charge in [0.2, 0.25) is 5.91 Å². The van der Waals surface area contributed by atoms with Gasteiger partial charge >= 0.3 is 6.09 Å². The van der Waals surface area contributed by atoms with Crippen molar-refractivity contribution in [3.8, 4) is 0 Å². The van der Waals surface area contributed by atoms with E-state index < -0.39 is 36.0 Å². The molecule has 1 aliphatic heterocycles. The Morgan fingerprint density at radius 1 is 1.00 bits per heavy atom. The molecular formula is C28H32N6O4. The predicted octanol–water partition coefficient (Wildman–Crippen LogP) is 2.33. The highest BCUT2D eigenvalue weighted by Gasteiger charge is 2.37. The van der Waals surface area contributed by atoms with Gasteiger partial charge < -0.3 is 31.4 Å². The lowest BCUT2D eigenvalue weighted by Gasteiger charge is -2.30. The number of H-pyrrole nitrogens is 1.